The summed E-state index contributed by atoms with van der Waals surface area (Å²) in [5.74, 6) is 6.33. The minimum absolute atomic E-state index is 0.330. The number of thiophene rings is 1. The summed E-state index contributed by atoms with van der Waals surface area (Å²) in [7, 11) is 0. The standard InChI is InChI=1S/C13H10N6S/c14-7-8-3-1-2-4-10(8)16-11-9-5-6-20-12(9)18-13(17-11)19-15/h1-6H,15H2,(H2,16,17,18,19). The highest BCUT2D eigenvalue weighted by atomic mass is 32.1. The maximum atomic E-state index is 9.12. The van der Waals surface area contributed by atoms with Crippen LogP contribution in [0.5, 0.6) is 0 Å². The third kappa shape index (κ3) is 2.14. The van der Waals surface area contributed by atoms with E-state index in [2.05, 4.69) is 26.8 Å². The number of nitrogens with zero attached hydrogens (tertiary/aromatic N) is 3. The maximum Gasteiger partial charge on any atom is 0.240 e. The number of hydrogen-bond donors (Lipinski definition) is 3. The number of para-hydroxylation sites is 1. The summed E-state index contributed by atoms with van der Waals surface area (Å²) in [6.45, 7) is 0. The minimum Gasteiger partial charge on any atom is -0.338 e. The molecule has 0 aliphatic rings. The molecule has 0 aliphatic heterocycles. The molecule has 0 radical (unpaired) electrons. The number of anilines is 3. The molecule has 0 spiro atoms. The Morgan fingerprint density at radius 3 is 2.85 bits per heavy atom. The lowest BCUT2D eigenvalue weighted by Crippen LogP contribution is -2.11. The second-order valence-corrected chi connectivity index (χ2v) is 4.86. The lowest BCUT2D eigenvalue weighted by Gasteiger charge is -2.09. The number of benzene rings is 1. The predicted molar refractivity (Wildman–Crippen MR) is 79.7 cm³/mol. The van der Waals surface area contributed by atoms with Gasteiger partial charge in [-0.1, -0.05) is 12.1 Å². The van der Waals surface area contributed by atoms with Gasteiger partial charge in [0, 0.05) is 0 Å². The van der Waals surface area contributed by atoms with Gasteiger partial charge in [0.1, 0.15) is 16.7 Å². The van der Waals surface area contributed by atoms with E-state index in [4.69, 9.17) is 11.1 Å². The quantitative estimate of drug-likeness (QED) is 0.504. The van der Waals surface area contributed by atoms with Gasteiger partial charge in [-0.05, 0) is 23.6 Å². The van der Waals surface area contributed by atoms with E-state index in [1.54, 1.807) is 6.07 Å². The molecule has 7 heteroatoms. The van der Waals surface area contributed by atoms with Gasteiger partial charge in [-0.2, -0.15) is 10.2 Å². The molecule has 20 heavy (non-hydrogen) atoms. The zero-order valence-electron chi connectivity index (χ0n) is 10.3. The third-order valence-electron chi connectivity index (χ3n) is 2.75. The van der Waals surface area contributed by atoms with Gasteiger partial charge in [-0.15, -0.1) is 11.3 Å². The van der Waals surface area contributed by atoms with E-state index in [-0.39, 0.29) is 0 Å². The van der Waals surface area contributed by atoms with Crippen LogP contribution >= 0.6 is 11.3 Å². The SMILES string of the molecule is N#Cc1ccccc1Nc1nc(NN)nc2sccc12. The normalized spacial score (nSPS) is 10.2. The predicted octanol–water partition coefficient (Wildman–Crippen LogP) is 2.59. The first-order chi connectivity index (χ1) is 9.81. The summed E-state index contributed by atoms with van der Waals surface area (Å²) in [6, 6.07) is 11.3. The Morgan fingerprint density at radius 2 is 2.05 bits per heavy atom. The highest BCUT2D eigenvalue weighted by molar-refractivity contribution is 7.16. The van der Waals surface area contributed by atoms with E-state index in [1.807, 2.05) is 29.6 Å². The van der Waals surface area contributed by atoms with Crippen LogP contribution in [-0.2, 0) is 0 Å². The maximum absolute atomic E-state index is 9.12. The molecule has 0 bridgehead atoms. The van der Waals surface area contributed by atoms with E-state index in [9.17, 15) is 0 Å². The Morgan fingerprint density at radius 1 is 1.20 bits per heavy atom. The molecule has 6 nitrogen and oxygen atoms in total. The fourth-order valence-electron chi connectivity index (χ4n) is 1.83. The van der Waals surface area contributed by atoms with Gasteiger partial charge in [0.05, 0.1) is 16.6 Å². The van der Waals surface area contributed by atoms with Gasteiger partial charge in [0.2, 0.25) is 5.95 Å². The van der Waals surface area contributed by atoms with Crippen LogP contribution in [0.25, 0.3) is 10.2 Å². The van der Waals surface area contributed by atoms with Gasteiger partial charge in [-0.25, -0.2) is 10.8 Å². The Hall–Kier alpha value is -2.69. The Kier molecular flexibility index (Phi) is 3.16. The first-order valence-corrected chi connectivity index (χ1v) is 6.68. The summed E-state index contributed by atoms with van der Waals surface area (Å²) in [5.41, 5.74) is 3.69. The molecular formula is C13H10N6S. The number of fused-ring (bicyclic) bond motifs is 1. The lowest BCUT2D eigenvalue weighted by molar-refractivity contribution is 1.16. The third-order valence-corrected chi connectivity index (χ3v) is 3.56. The number of nitrogens with one attached hydrogen (secondary N) is 2. The average molecular weight is 282 g/mol. The van der Waals surface area contributed by atoms with Crippen molar-refractivity contribution in [2.45, 2.75) is 0 Å². The second-order valence-electron chi connectivity index (χ2n) is 3.96. The summed E-state index contributed by atoms with van der Waals surface area (Å²) >= 11 is 1.50. The van der Waals surface area contributed by atoms with Crippen molar-refractivity contribution < 1.29 is 0 Å². The number of rotatable bonds is 3. The van der Waals surface area contributed by atoms with Crippen molar-refractivity contribution in [1.29, 1.82) is 5.26 Å². The van der Waals surface area contributed by atoms with Crippen molar-refractivity contribution in [3.63, 3.8) is 0 Å². The van der Waals surface area contributed by atoms with Crippen molar-refractivity contribution in [2.24, 2.45) is 5.84 Å². The van der Waals surface area contributed by atoms with Crippen LogP contribution in [0.15, 0.2) is 35.7 Å². The van der Waals surface area contributed by atoms with E-state index in [1.165, 1.54) is 11.3 Å². The summed E-state index contributed by atoms with van der Waals surface area (Å²) in [5, 5.41) is 15.1. The van der Waals surface area contributed by atoms with Crippen LogP contribution in [0, 0.1) is 11.3 Å². The molecule has 1 aromatic carbocycles. The fraction of sp³-hybridized carbons (Fsp3) is 0. The number of nitrogen functional groups attached to an aromatic ring is 1. The molecule has 0 saturated carbocycles. The van der Waals surface area contributed by atoms with Crippen molar-refractivity contribution in [1.82, 2.24) is 9.97 Å². The van der Waals surface area contributed by atoms with Crippen LogP contribution in [0.2, 0.25) is 0 Å². The number of hydrogen-bond acceptors (Lipinski definition) is 7. The van der Waals surface area contributed by atoms with Gasteiger partial charge < -0.3 is 5.32 Å². The minimum atomic E-state index is 0.330. The molecule has 2 aromatic heterocycles. The number of hydrazine groups is 1. The molecule has 0 atom stereocenters. The Bertz CT molecular complexity index is 804. The Labute approximate surface area is 118 Å². The van der Waals surface area contributed by atoms with Gasteiger partial charge in [-0.3, -0.25) is 5.43 Å². The van der Waals surface area contributed by atoms with Gasteiger partial charge in [0.15, 0.2) is 0 Å². The lowest BCUT2D eigenvalue weighted by atomic mass is 10.2. The number of nitrogens with two attached hydrogens (primary N) is 1. The number of aromatic nitrogens is 2. The van der Waals surface area contributed by atoms with Crippen molar-refractivity contribution in [2.75, 3.05) is 10.7 Å². The van der Waals surface area contributed by atoms with Crippen molar-refractivity contribution in [3.8, 4) is 6.07 Å². The number of nitriles is 1. The summed E-state index contributed by atoms with van der Waals surface area (Å²) < 4.78 is 0. The van der Waals surface area contributed by atoms with Gasteiger partial charge in [0.25, 0.3) is 0 Å². The van der Waals surface area contributed by atoms with E-state index in [0.717, 1.165) is 10.2 Å². The molecule has 0 unspecified atom stereocenters. The van der Waals surface area contributed by atoms with E-state index in [0.29, 0.717) is 23.0 Å². The van der Waals surface area contributed by atoms with E-state index < -0.39 is 0 Å². The highest BCUT2D eigenvalue weighted by Crippen LogP contribution is 2.29. The molecule has 0 fully saturated rings. The average Bonchev–Trinajstić information content (AvgIpc) is 2.96. The smallest absolute Gasteiger partial charge is 0.240 e. The first-order valence-electron chi connectivity index (χ1n) is 5.80. The zero-order chi connectivity index (χ0) is 13.9. The molecule has 3 aromatic rings. The van der Waals surface area contributed by atoms with Crippen LogP contribution in [0.3, 0.4) is 0 Å². The highest BCUT2D eigenvalue weighted by Gasteiger charge is 2.10. The first kappa shape index (κ1) is 12.3. The summed E-state index contributed by atoms with van der Waals surface area (Å²) in [6.07, 6.45) is 0. The topological polar surface area (TPSA) is 99.7 Å². The molecular weight excluding hydrogens is 272 g/mol. The van der Waals surface area contributed by atoms with Crippen LogP contribution in [0.4, 0.5) is 17.5 Å². The molecule has 4 N–H and O–H groups in total. The molecule has 2 heterocycles. The monoisotopic (exact) mass is 282 g/mol. The van der Waals surface area contributed by atoms with Crippen LogP contribution in [0.1, 0.15) is 5.56 Å². The second kappa shape index (κ2) is 5.13. The molecule has 98 valence electrons. The van der Waals surface area contributed by atoms with Gasteiger partial charge >= 0.3 is 0 Å². The zero-order valence-corrected chi connectivity index (χ0v) is 11.1. The largest absolute Gasteiger partial charge is 0.338 e. The van der Waals surface area contributed by atoms with Crippen LogP contribution in [-0.4, -0.2) is 9.97 Å². The molecule has 0 saturated heterocycles. The van der Waals surface area contributed by atoms with E-state index >= 15 is 0 Å². The molecule has 3 rings (SSSR count). The summed E-state index contributed by atoms with van der Waals surface area (Å²) in [4.78, 5) is 9.39. The fourth-order valence-corrected chi connectivity index (χ4v) is 2.60. The molecule has 0 amide bonds. The Balaban J connectivity index is 2.10. The van der Waals surface area contributed by atoms with Crippen molar-refractivity contribution >= 4 is 39.0 Å². The van der Waals surface area contributed by atoms with Crippen molar-refractivity contribution in [3.05, 3.63) is 41.3 Å². The molecule has 0 aliphatic carbocycles. The van der Waals surface area contributed by atoms with Crippen LogP contribution < -0.4 is 16.6 Å².